The molecule has 8 heteroatoms. The van der Waals surface area contributed by atoms with Crippen LogP contribution in [0.2, 0.25) is 4.34 Å². The third-order valence-corrected chi connectivity index (χ3v) is 3.21. The van der Waals surface area contributed by atoms with Crippen molar-refractivity contribution in [1.29, 1.82) is 0 Å². The normalized spacial score (nSPS) is 12.3. The number of hydrogen-bond acceptors (Lipinski definition) is 4. The van der Waals surface area contributed by atoms with Crippen molar-refractivity contribution in [2.75, 3.05) is 0 Å². The lowest BCUT2D eigenvalue weighted by molar-refractivity contribution is -0.142. The molecule has 19 heavy (non-hydrogen) atoms. The van der Waals surface area contributed by atoms with E-state index in [0.29, 0.717) is 4.34 Å². The number of carboxylic acids is 1. The van der Waals surface area contributed by atoms with Gasteiger partial charge in [0.05, 0.1) is 10.8 Å². The van der Waals surface area contributed by atoms with Crippen LogP contribution in [-0.2, 0) is 14.4 Å². The van der Waals surface area contributed by atoms with E-state index in [-0.39, 0.29) is 0 Å². The molecule has 6 nitrogen and oxygen atoms in total. The van der Waals surface area contributed by atoms with E-state index in [2.05, 4.69) is 5.32 Å². The lowest BCUT2D eigenvalue weighted by Crippen LogP contribution is -2.42. The van der Waals surface area contributed by atoms with Gasteiger partial charge < -0.3 is 16.2 Å². The molecule has 1 rings (SSSR count). The van der Waals surface area contributed by atoms with Gasteiger partial charge in [-0.15, -0.1) is 11.3 Å². The molecule has 0 aliphatic carbocycles. The summed E-state index contributed by atoms with van der Waals surface area (Å²) < 4.78 is 0.581. The van der Waals surface area contributed by atoms with Crippen LogP contribution < -0.4 is 11.1 Å². The topological polar surface area (TPSA) is 109 Å². The highest BCUT2D eigenvalue weighted by atomic mass is 35.5. The fourth-order valence-electron chi connectivity index (χ4n) is 1.20. The van der Waals surface area contributed by atoms with Crippen molar-refractivity contribution in [3.05, 3.63) is 27.4 Å². The molecule has 0 fully saturated rings. The molecule has 1 aromatic heterocycles. The van der Waals surface area contributed by atoms with Gasteiger partial charge in [0.15, 0.2) is 0 Å². The Bertz CT molecular complexity index is 527. The fourth-order valence-corrected chi connectivity index (χ4v) is 2.16. The molecule has 0 aliphatic heterocycles. The first-order valence-electron chi connectivity index (χ1n) is 5.13. The minimum absolute atomic E-state index is 0.459. The second-order valence-corrected chi connectivity index (χ2v) is 5.29. The first-order chi connectivity index (χ1) is 8.88. The first kappa shape index (κ1) is 15.2. The van der Waals surface area contributed by atoms with Crippen molar-refractivity contribution in [2.45, 2.75) is 12.5 Å². The van der Waals surface area contributed by atoms with Crippen LogP contribution in [0.25, 0.3) is 6.08 Å². The Kier molecular flexibility index (Phi) is 5.53. The number of carbonyl (C=O) groups is 3. The Morgan fingerprint density at radius 1 is 1.47 bits per heavy atom. The van der Waals surface area contributed by atoms with E-state index in [0.717, 1.165) is 4.88 Å². The summed E-state index contributed by atoms with van der Waals surface area (Å²) in [6, 6.07) is 2.06. The minimum atomic E-state index is -1.33. The smallest absolute Gasteiger partial charge is 0.326 e. The number of carbonyl (C=O) groups excluding carboxylic acids is 2. The lowest BCUT2D eigenvalue weighted by Gasteiger charge is -2.10. The second kappa shape index (κ2) is 6.91. The number of thiophene rings is 1. The Hall–Kier alpha value is -1.86. The minimum Gasteiger partial charge on any atom is -0.480 e. The average molecular weight is 303 g/mol. The van der Waals surface area contributed by atoms with E-state index < -0.39 is 30.2 Å². The third-order valence-electron chi connectivity index (χ3n) is 2.01. The maximum absolute atomic E-state index is 11.5. The van der Waals surface area contributed by atoms with Crippen molar-refractivity contribution in [1.82, 2.24) is 5.32 Å². The van der Waals surface area contributed by atoms with E-state index in [1.54, 1.807) is 12.1 Å². The summed E-state index contributed by atoms with van der Waals surface area (Å²) in [5.74, 6) is -2.75. The number of primary amides is 1. The zero-order chi connectivity index (χ0) is 14.4. The molecule has 2 amide bonds. The molecule has 1 heterocycles. The number of halogens is 1. The van der Waals surface area contributed by atoms with Crippen molar-refractivity contribution >= 4 is 46.8 Å². The quantitative estimate of drug-likeness (QED) is 0.677. The standard InChI is InChI=1S/C11H11ClN2O4S/c12-8-3-1-6(19-8)2-4-10(16)14-7(11(17)18)5-9(13)15/h1-4,7H,5H2,(H2,13,15)(H,14,16)(H,17,18)/b4-2+/t7-/m1/s1. The highest BCUT2D eigenvalue weighted by Gasteiger charge is 2.20. The number of aliphatic carboxylic acids is 1. The predicted octanol–water partition coefficient (Wildman–Crippen LogP) is 0.859. The van der Waals surface area contributed by atoms with Gasteiger partial charge in [0, 0.05) is 11.0 Å². The fraction of sp³-hybridized carbons (Fsp3) is 0.182. The summed E-state index contributed by atoms with van der Waals surface area (Å²) in [7, 11) is 0. The van der Waals surface area contributed by atoms with E-state index in [1.807, 2.05) is 0 Å². The Balaban J connectivity index is 2.60. The van der Waals surface area contributed by atoms with Gasteiger partial charge >= 0.3 is 5.97 Å². The molecule has 102 valence electrons. The van der Waals surface area contributed by atoms with Crippen LogP contribution in [-0.4, -0.2) is 28.9 Å². The first-order valence-corrected chi connectivity index (χ1v) is 6.33. The number of amides is 2. The molecule has 0 bridgehead atoms. The Morgan fingerprint density at radius 2 is 2.16 bits per heavy atom. The average Bonchev–Trinajstić information content (AvgIpc) is 2.71. The molecular weight excluding hydrogens is 292 g/mol. The number of nitrogens with two attached hydrogens (primary N) is 1. The summed E-state index contributed by atoms with van der Waals surface area (Å²) in [5, 5.41) is 11.0. The van der Waals surface area contributed by atoms with Crippen LogP contribution in [0.15, 0.2) is 18.2 Å². The summed E-state index contributed by atoms with van der Waals surface area (Å²) in [6.45, 7) is 0. The van der Waals surface area contributed by atoms with Crippen molar-refractivity contribution in [3.63, 3.8) is 0 Å². The van der Waals surface area contributed by atoms with Crippen molar-refractivity contribution in [3.8, 4) is 0 Å². The molecule has 4 N–H and O–H groups in total. The van der Waals surface area contributed by atoms with Gasteiger partial charge in [0.2, 0.25) is 11.8 Å². The predicted molar refractivity (Wildman–Crippen MR) is 71.7 cm³/mol. The van der Waals surface area contributed by atoms with Gasteiger partial charge in [0.25, 0.3) is 0 Å². The number of rotatable bonds is 6. The van der Waals surface area contributed by atoms with Crippen molar-refractivity contribution < 1.29 is 19.5 Å². The van der Waals surface area contributed by atoms with Crippen LogP contribution in [0.4, 0.5) is 0 Å². The molecular formula is C11H11ClN2O4S. The molecule has 1 atom stereocenters. The van der Waals surface area contributed by atoms with Crippen LogP contribution in [0.3, 0.4) is 0 Å². The van der Waals surface area contributed by atoms with E-state index >= 15 is 0 Å². The lowest BCUT2D eigenvalue weighted by atomic mass is 10.2. The van der Waals surface area contributed by atoms with Gasteiger partial charge in [-0.2, -0.15) is 0 Å². The zero-order valence-corrected chi connectivity index (χ0v) is 11.2. The third kappa shape index (κ3) is 5.54. The van der Waals surface area contributed by atoms with Gasteiger partial charge in [-0.05, 0) is 18.2 Å². The van der Waals surface area contributed by atoms with Crippen molar-refractivity contribution in [2.24, 2.45) is 5.73 Å². The van der Waals surface area contributed by atoms with E-state index in [1.165, 1.54) is 23.5 Å². The van der Waals surface area contributed by atoms with Crippen LogP contribution in [0, 0.1) is 0 Å². The summed E-state index contributed by atoms with van der Waals surface area (Å²) in [6.07, 6.45) is 2.20. The van der Waals surface area contributed by atoms with E-state index in [4.69, 9.17) is 22.4 Å². The molecule has 0 saturated heterocycles. The van der Waals surface area contributed by atoms with Crippen LogP contribution in [0.1, 0.15) is 11.3 Å². The molecule has 0 radical (unpaired) electrons. The molecule has 0 unspecified atom stereocenters. The summed E-state index contributed by atoms with van der Waals surface area (Å²) >= 11 is 6.99. The SMILES string of the molecule is NC(=O)C[C@@H](NC(=O)/C=C/c1ccc(Cl)s1)C(=O)O. The second-order valence-electron chi connectivity index (χ2n) is 3.55. The molecule has 0 aromatic carbocycles. The molecule has 1 aromatic rings. The highest BCUT2D eigenvalue weighted by molar-refractivity contribution is 7.17. The van der Waals surface area contributed by atoms with Gasteiger partial charge in [0.1, 0.15) is 6.04 Å². The van der Waals surface area contributed by atoms with Gasteiger partial charge in [-0.25, -0.2) is 4.79 Å². The van der Waals surface area contributed by atoms with Crippen LogP contribution >= 0.6 is 22.9 Å². The zero-order valence-electron chi connectivity index (χ0n) is 9.63. The molecule has 0 saturated carbocycles. The summed E-state index contributed by atoms with van der Waals surface area (Å²) in [5.41, 5.74) is 4.89. The monoisotopic (exact) mass is 302 g/mol. The number of carboxylic acid groups (broad SMARTS) is 1. The van der Waals surface area contributed by atoms with Gasteiger partial charge in [-0.1, -0.05) is 11.6 Å². The highest BCUT2D eigenvalue weighted by Crippen LogP contribution is 2.22. The number of nitrogens with one attached hydrogen (secondary N) is 1. The van der Waals surface area contributed by atoms with Crippen LogP contribution in [0.5, 0.6) is 0 Å². The largest absolute Gasteiger partial charge is 0.480 e. The van der Waals surface area contributed by atoms with E-state index in [9.17, 15) is 14.4 Å². The molecule has 0 spiro atoms. The number of hydrogen-bond donors (Lipinski definition) is 3. The summed E-state index contributed by atoms with van der Waals surface area (Å²) in [4.78, 5) is 33.7. The maximum atomic E-state index is 11.5. The Labute approximate surface area is 117 Å². The Morgan fingerprint density at radius 3 is 2.63 bits per heavy atom. The maximum Gasteiger partial charge on any atom is 0.326 e. The van der Waals surface area contributed by atoms with Gasteiger partial charge in [-0.3, -0.25) is 9.59 Å². The molecule has 0 aliphatic rings.